The summed E-state index contributed by atoms with van der Waals surface area (Å²) < 4.78 is 10.8. The Hall–Kier alpha value is -0.850. The molecule has 1 N–H and O–H groups in total. The van der Waals surface area contributed by atoms with Gasteiger partial charge >= 0.3 is 0 Å². The lowest BCUT2D eigenvalue weighted by Crippen LogP contribution is -2.37. The van der Waals surface area contributed by atoms with E-state index in [0.717, 1.165) is 84.1 Å². The number of benzene rings is 1. The quantitative estimate of drug-likeness (QED) is 0.843. The molecule has 0 amide bonds. The van der Waals surface area contributed by atoms with E-state index in [4.69, 9.17) is 9.47 Å². The van der Waals surface area contributed by atoms with Crippen LogP contribution in [0.3, 0.4) is 0 Å². The summed E-state index contributed by atoms with van der Waals surface area (Å²) in [4.78, 5) is 4.81. The molecule has 2 saturated heterocycles. The normalized spacial score (nSPS) is 19.8. The lowest BCUT2D eigenvalue weighted by Gasteiger charge is -2.27. The van der Waals surface area contributed by atoms with Gasteiger partial charge in [-0.1, -0.05) is 12.1 Å². The molecule has 5 nitrogen and oxygen atoms in total. The smallest absolute Gasteiger partial charge is 0.120 e. The molecule has 0 atom stereocenters. The molecule has 6 heteroatoms. The Morgan fingerprint density at radius 1 is 0.917 bits per heavy atom. The molecule has 0 bridgehead atoms. The second kappa shape index (κ2) is 10.2. The van der Waals surface area contributed by atoms with Crippen molar-refractivity contribution in [2.24, 2.45) is 0 Å². The Morgan fingerprint density at radius 3 is 2.21 bits per heavy atom. The van der Waals surface area contributed by atoms with E-state index < -0.39 is 0 Å². The fraction of sp³-hybridized carbons (Fsp3) is 0.667. The van der Waals surface area contributed by atoms with Gasteiger partial charge in [-0.25, -0.2) is 0 Å². The van der Waals surface area contributed by atoms with Crippen molar-refractivity contribution in [1.82, 2.24) is 9.80 Å². The predicted octanol–water partition coefficient (Wildman–Crippen LogP) is 1.91. The third kappa shape index (κ3) is 5.90. The average molecular weight is 357 g/mol. The van der Waals surface area contributed by atoms with Crippen molar-refractivity contribution in [3.8, 4) is 5.75 Å². The first-order valence-corrected chi connectivity index (χ1v) is 8.72. The van der Waals surface area contributed by atoms with Gasteiger partial charge in [-0.2, -0.15) is 0 Å². The van der Waals surface area contributed by atoms with Gasteiger partial charge in [-0.05, 0) is 31.0 Å². The van der Waals surface area contributed by atoms with Crippen LogP contribution in [0.1, 0.15) is 17.5 Å². The number of rotatable bonds is 6. The highest BCUT2D eigenvalue weighted by Crippen LogP contribution is 2.21. The summed E-state index contributed by atoms with van der Waals surface area (Å²) in [5.41, 5.74) is 2.36. The average Bonchev–Trinajstić information content (AvgIpc) is 2.60. The molecule has 24 heavy (non-hydrogen) atoms. The molecule has 3 rings (SSSR count). The maximum atomic E-state index is 10.1. The first-order valence-electron chi connectivity index (χ1n) is 8.72. The van der Waals surface area contributed by atoms with Gasteiger partial charge in [0.05, 0.1) is 26.4 Å². The second-order valence-corrected chi connectivity index (χ2v) is 6.41. The molecule has 1 aromatic carbocycles. The van der Waals surface area contributed by atoms with Crippen LogP contribution in [-0.2, 0) is 22.4 Å². The van der Waals surface area contributed by atoms with Crippen LogP contribution in [0.15, 0.2) is 18.2 Å². The zero-order chi connectivity index (χ0) is 15.9. The molecule has 2 aliphatic heterocycles. The van der Waals surface area contributed by atoms with Crippen molar-refractivity contribution in [1.29, 1.82) is 0 Å². The Bertz CT molecular complexity index is 489. The van der Waals surface area contributed by atoms with Gasteiger partial charge in [-0.3, -0.25) is 9.80 Å². The van der Waals surface area contributed by atoms with Crippen molar-refractivity contribution in [3.05, 3.63) is 29.3 Å². The van der Waals surface area contributed by atoms with Gasteiger partial charge in [0.2, 0.25) is 0 Å². The molecule has 0 aromatic heterocycles. The van der Waals surface area contributed by atoms with Gasteiger partial charge in [0.1, 0.15) is 5.75 Å². The summed E-state index contributed by atoms with van der Waals surface area (Å²) in [5, 5.41) is 10.1. The number of aromatic hydroxyl groups is 1. The van der Waals surface area contributed by atoms with Crippen molar-refractivity contribution >= 4 is 12.4 Å². The summed E-state index contributed by atoms with van der Waals surface area (Å²) in [5.74, 6) is 0.411. The van der Waals surface area contributed by atoms with Crippen LogP contribution in [0.5, 0.6) is 5.75 Å². The SMILES string of the molecule is Cl.Oc1ccc(CCCN2CCOCC2)cc1CN1CCOCC1. The Kier molecular flexibility index (Phi) is 8.29. The molecule has 0 aliphatic carbocycles. The Labute approximate surface area is 150 Å². The summed E-state index contributed by atoms with van der Waals surface area (Å²) in [7, 11) is 0. The Balaban J connectivity index is 0.00000208. The molecule has 2 fully saturated rings. The van der Waals surface area contributed by atoms with Gasteiger partial charge in [0, 0.05) is 38.3 Å². The third-order valence-corrected chi connectivity index (χ3v) is 4.69. The van der Waals surface area contributed by atoms with E-state index in [1.807, 2.05) is 6.07 Å². The number of hydrogen-bond acceptors (Lipinski definition) is 5. The maximum Gasteiger partial charge on any atom is 0.120 e. The molecular formula is C18H29ClN2O3. The minimum absolute atomic E-state index is 0. The first kappa shape index (κ1) is 19.5. The lowest BCUT2D eigenvalue weighted by atomic mass is 10.0. The predicted molar refractivity (Wildman–Crippen MR) is 97.0 cm³/mol. The van der Waals surface area contributed by atoms with Crippen molar-refractivity contribution < 1.29 is 14.6 Å². The summed E-state index contributed by atoms with van der Waals surface area (Å²) >= 11 is 0. The molecule has 1 aromatic rings. The Morgan fingerprint density at radius 2 is 1.54 bits per heavy atom. The molecular weight excluding hydrogens is 328 g/mol. The number of morpholine rings is 2. The highest BCUT2D eigenvalue weighted by Gasteiger charge is 2.14. The van der Waals surface area contributed by atoms with Crippen molar-refractivity contribution in [2.75, 3.05) is 59.2 Å². The van der Waals surface area contributed by atoms with Crippen LogP contribution >= 0.6 is 12.4 Å². The number of nitrogens with zero attached hydrogens (tertiary/aromatic N) is 2. The number of phenolic OH excluding ortho intramolecular Hbond substituents is 1. The highest BCUT2D eigenvalue weighted by molar-refractivity contribution is 5.85. The first-order chi connectivity index (χ1) is 11.3. The zero-order valence-electron chi connectivity index (χ0n) is 14.3. The van der Waals surface area contributed by atoms with E-state index in [9.17, 15) is 5.11 Å². The second-order valence-electron chi connectivity index (χ2n) is 6.41. The van der Waals surface area contributed by atoms with E-state index in [1.54, 1.807) is 0 Å². The van der Waals surface area contributed by atoms with Gasteiger partial charge in [0.15, 0.2) is 0 Å². The molecule has 2 aliphatic rings. The minimum atomic E-state index is 0. The number of phenols is 1. The standard InChI is InChI=1S/C18H28N2O3.ClH/c21-18-4-3-16(2-1-5-19-6-10-22-11-7-19)14-17(18)15-20-8-12-23-13-9-20;/h3-4,14,21H,1-2,5-13,15H2;1H. The van der Waals surface area contributed by atoms with Gasteiger partial charge in [-0.15, -0.1) is 12.4 Å². The molecule has 0 radical (unpaired) electrons. The van der Waals surface area contributed by atoms with Crippen molar-refractivity contribution in [3.63, 3.8) is 0 Å². The molecule has 0 saturated carbocycles. The molecule has 136 valence electrons. The number of hydrogen-bond donors (Lipinski definition) is 1. The number of halogens is 1. The van der Waals surface area contributed by atoms with Crippen LogP contribution in [0.2, 0.25) is 0 Å². The van der Waals surface area contributed by atoms with Crippen LogP contribution in [0, 0.1) is 0 Å². The number of ether oxygens (including phenoxy) is 2. The maximum absolute atomic E-state index is 10.1. The molecule has 0 unspecified atom stereocenters. The monoisotopic (exact) mass is 356 g/mol. The molecule has 2 heterocycles. The van der Waals surface area contributed by atoms with E-state index in [2.05, 4.69) is 21.9 Å². The summed E-state index contributed by atoms with van der Waals surface area (Å²) in [6.07, 6.45) is 2.22. The summed E-state index contributed by atoms with van der Waals surface area (Å²) in [6, 6.07) is 6.07. The van der Waals surface area contributed by atoms with E-state index in [-0.39, 0.29) is 12.4 Å². The van der Waals surface area contributed by atoms with Crippen molar-refractivity contribution in [2.45, 2.75) is 19.4 Å². The fourth-order valence-corrected chi connectivity index (χ4v) is 3.25. The van der Waals surface area contributed by atoms with Crippen LogP contribution in [0.4, 0.5) is 0 Å². The highest BCUT2D eigenvalue weighted by atomic mass is 35.5. The summed E-state index contributed by atoms with van der Waals surface area (Å²) in [6.45, 7) is 9.25. The van der Waals surface area contributed by atoms with E-state index >= 15 is 0 Å². The van der Waals surface area contributed by atoms with Crippen LogP contribution in [-0.4, -0.2) is 74.1 Å². The van der Waals surface area contributed by atoms with E-state index in [1.165, 1.54) is 5.56 Å². The van der Waals surface area contributed by atoms with Gasteiger partial charge in [0.25, 0.3) is 0 Å². The largest absolute Gasteiger partial charge is 0.508 e. The van der Waals surface area contributed by atoms with Crippen LogP contribution in [0.25, 0.3) is 0 Å². The fourth-order valence-electron chi connectivity index (χ4n) is 3.25. The van der Waals surface area contributed by atoms with E-state index in [0.29, 0.717) is 5.75 Å². The van der Waals surface area contributed by atoms with Gasteiger partial charge < -0.3 is 14.6 Å². The number of aryl methyl sites for hydroxylation is 1. The molecule has 0 spiro atoms. The third-order valence-electron chi connectivity index (χ3n) is 4.69. The van der Waals surface area contributed by atoms with Crippen LogP contribution < -0.4 is 0 Å². The zero-order valence-corrected chi connectivity index (χ0v) is 15.1. The topological polar surface area (TPSA) is 45.2 Å². The minimum Gasteiger partial charge on any atom is -0.508 e. The lowest BCUT2D eigenvalue weighted by molar-refractivity contribution is 0.0339.